The highest BCUT2D eigenvalue weighted by Gasteiger charge is 2.30. The minimum atomic E-state index is 0.156. The van der Waals surface area contributed by atoms with E-state index in [-0.39, 0.29) is 11.9 Å². The van der Waals surface area contributed by atoms with Gasteiger partial charge in [-0.3, -0.25) is 9.78 Å². The van der Waals surface area contributed by atoms with Gasteiger partial charge in [0.2, 0.25) is 5.91 Å². The van der Waals surface area contributed by atoms with Crippen molar-refractivity contribution in [1.82, 2.24) is 4.98 Å². The van der Waals surface area contributed by atoms with Crippen molar-refractivity contribution in [2.24, 2.45) is 0 Å². The van der Waals surface area contributed by atoms with Gasteiger partial charge in [0.15, 0.2) is 0 Å². The molecule has 0 aliphatic carbocycles. The third kappa shape index (κ3) is 2.24. The van der Waals surface area contributed by atoms with Gasteiger partial charge in [0.05, 0.1) is 6.42 Å². The van der Waals surface area contributed by atoms with E-state index in [1.54, 1.807) is 12.4 Å². The molecule has 3 rings (SSSR count). The van der Waals surface area contributed by atoms with Crippen LogP contribution in [0.5, 0.6) is 0 Å². The number of aromatic nitrogens is 1. The van der Waals surface area contributed by atoms with E-state index in [9.17, 15) is 4.79 Å². The van der Waals surface area contributed by atoms with Gasteiger partial charge < -0.3 is 4.90 Å². The number of hydrogen-bond donors (Lipinski definition) is 0. The molecule has 1 unspecified atom stereocenters. The molecule has 2 heterocycles. The van der Waals surface area contributed by atoms with Gasteiger partial charge in [-0.1, -0.05) is 18.2 Å². The first-order valence-electron chi connectivity index (χ1n) is 6.54. The average Bonchev–Trinajstić information content (AvgIpc) is 2.75. The summed E-state index contributed by atoms with van der Waals surface area (Å²) in [4.78, 5) is 18.4. The number of amides is 1. The molecule has 0 N–H and O–H groups in total. The van der Waals surface area contributed by atoms with Crippen LogP contribution >= 0.6 is 0 Å². The van der Waals surface area contributed by atoms with Crippen LogP contribution in [0, 0.1) is 0 Å². The van der Waals surface area contributed by atoms with Gasteiger partial charge in [0, 0.05) is 24.1 Å². The lowest BCUT2D eigenvalue weighted by atomic mass is 10.1. The Hall–Kier alpha value is -2.16. The lowest BCUT2D eigenvalue weighted by Crippen LogP contribution is -2.36. The topological polar surface area (TPSA) is 33.2 Å². The monoisotopic (exact) mass is 252 g/mol. The van der Waals surface area contributed by atoms with E-state index < -0.39 is 0 Å². The molecule has 19 heavy (non-hydrogen) atoms. The predicted octanol–water partition coefficient (Wildman–Crippen LogP) is 2.60. The highest BCUT2D eigenvalue weighted by Crippen LogP contribution is 2.32. The molecular formula is C16H16N2O. The van der Waals surface area contributed by atoms with Crippen molar-refractivity contribution < 1.29 is 4.79 Å². The van der Waals surface area contributed by atoms with E-state index in [1.807, 2.05) is 35.2 Å². The zero-order valence-corrected chi connectivity index (χ0v) is 10.9. The van der Waals surface area contributed by atoms with Gasteiger partial charge in [-0.05, 0) is 42.7 Å². The lowest BCUT2D eigenvalue weighted by Gasteiger charge is -2.22. The van der Waals surface area contributed by atoms with Crippen LogP contribution in [0.25, 0.3) is 0 Å². The molecule has 1 atom stereocenters. The fourth-order valence-corrected chi connectivity index (χ4v) is 2.71. The molecule has 3 heteroatoms. The number of para-hydroxylation sites is 1. The third-order valence-electron chi connectivity index (χ3n) is 3.58. The number of fused-ring (bicyclic) bond motifs is 1. The number of pyridine rings is 1. The van der Waals surface area contributed by atoms with E-state index in [0.717, 1.165) is 17.7 Å². The van der Waals surface area contributed by atoms with Crippen LogP contribution in [0.3, 0.4) is 0 Å². The largest absolute Gasteiger partial charge is 0.309 e. The van der Waals surface area contributed by atoms with Crippen LogP contribution < -0.4 is 4.90 Å². The molecule has 1 aliphatic rings. The van der Waals surface area contributed by atoms with Crippen LogP contribution in [-0.2, 0) is 17.6 Å². The summed E-state index contributed by atoms with van der Waals surface area (Å²) in [5, 5.41) is 0. The number of anilines is 1. The minimum absolute atomic E-state index is 0.156. The van der Waals surface area contributed by atoms with E-state index in [1.165, 1.54) is 5.56 Å². The molecule has 0 saturated heterocycles. The van der Waals surface area contributed by atoms with Crippen molar-refractivity contribution in [3.8, 4) is 0 Å². The van der Waals surface area contributed by atoms with Crippen molar-refractivity contribution in [2.45, 2.75) is 25.8 Å². The number of nitrogens with zero attached hydrogens (tertiary/aromatic N) is 2. The summed E-state index contributed by atoms with van der Waals surface area (Å²) in [6, 6.07) is 12.2. The normalized spacial score (nSPS) is 17.3. The number of rotatable bonds is 2. The van der Waals surface area contributed by atoms with E-state index in [2.05, 4.69) is 18.0 Å². The molecule has 1 aromatic heterocycles. The van der Waals surface area contributed by atoms with Gasteiger partial charge >= 0.3 is 0 Å². The van der Waals surface area contributed by atoms with Crippen molar-refractivity contribution in [3.05, 3.63) is 59.9 Å². The third-order valence-corrected chi connectivity index (χ3v) is 3.58. The lowest BCUT2D eigenvalue weighted by molar-refractivity contribution is -0.118. The second kappa shape index (κ2) is 4.84. The smallest absolute Gasteiger partial charge is 0.231 e. The molecule has 3 nitrogen and oxygen atoms in total. The quantitative estimate of drug-likeness (QED) is 0.823. The van der Waals surface area contributed by atoms with Crippen LogP contribution in [0.2, 0.25) is 0 Å². The molecule has 0 fully saturated rings. The molecule has 0 spiro atoms. The van der Waals surface area contributed by atoms with Crippen LogP contribution in [0.15, 0.2) is 48.8 Å². The zero-order chi connectivity index (χ0) is 13.2. The molecule has 0 saturated carbocycles. The summed E-state index contributed by atoms with van der Waals surface area (Å²) >= 11 is 0. The fraction of sp³-hybridized carbons (Fsp3) is 0.250. The molecular weight excluding hydrogens is 236 g/mol. The highest BCUT2D eigenvalue weighted by molar-refractivity contribution is 5.97. The Labute approximate surface area is 112 Å². The van der Waals surface area contributed by atoms with Gasteiger partial charge in [-0.2, -0.15) is 0 Å². The summed E-state index contributed by atoms with van der Waals surface area (Å²) in [7, 11) is 0. The molecule has 1 aliphatic heterocycles. The first kappa shape index (κ1) is 11.9. The Balaban J connectivity index is 1.84. The molecule has 1 amide bonds. The molecule has 96 valence electrons. The summed E-state index contributed by atoms with van der Waals surface area (Å²) in [6.07, 6.45) is 4.83. The first-order chi connectivity index (χ1) is 9.25. The van der Waals surface area contributed by atoms with Gasteiger partial charge in [0.1, 0.15) is 0 Å². The second-order valence-corrected chi connectivity index (χ2v) is 4.98. The maximum atomic E-state index is 12.5. The van der Waals surface area contributed by atoms with Crippen molar-refractivity contribution in [3.63, 3.8) is 0 Å². The highest BCUT2D eigenvalue weighted by atomic mass is 16.2. The Morgan fingerprint density at radius 1 is 1.26 bits per heavy atom. The van der Waals surface area contributed by atoms with Gasteiger partial charge in [-0.25, -0.2) is 0 Å². The zero-order valence-electron chi connectivity index (χ0n) is 10.9. The van der Waals surface area contributed by atoms with E-state index in [4.69, 9.17) is 0 Å². The average molecular weight is 252 g/mol. The van der Waals surface area contributed by atoms with Crippen molar-refractivity contribution in [1.29, 1.82) is 0 Å². The SMILES string of the molecule is CC1Cc2ccccc2N1C(=O)Cc1ccncc1. The van der Waals surface area contributed by atoms with E-state index >= 15 is 0 Å². The van der Waals surface area contributed by atoms with Gasteiger partial charge in [0.25, 0.3) is 0 Å². The van der Waals surface area contributed by atoms with Crippen LogP contribution in [0.4, 0.5) is 5.69 Å². The van der Waals surface area contributed by atoms with Crippen molar-refractivity contribution >= 4 is 11.6 Å². The van der Waals surface area contributed by atoms with Crippen LogP contribution in [-0.4, -0.2) is 16.9 Å². The number of hydrogen-bond acceptors (Lipinski definition) is 2. The molecule has 1 aromatic carbocycles. The number of carbonyl (C=O) groups excluding carboxylic acids is 1. The standard InChI is InChI=1S/C16H16N2O/c1-12-10-14-4-2-3-5-15(14)18(12)16(19)11-13-6-8-17-9-7-13/h2-9,12H,10-11H2,1H3. The Morgan fingerprint density at radius 3 is 2.79 bits per heavy atom. The van der Waals surface area contributed by atoms with Crippen molar-refractivity contribution in [2.75, 3.05) is 4.90 Å². The molecule has 0 radical (unpaired) electrons. The second-order valence-electron chi connectivity index (χ2n) is 4.98. The van der Waals surface area contributed by atoms with Gasteiger partial charge in [-0.15, -0.1) is 0 Å². The molecule has 0 bridgehead atoms. The summed E-state index contributed by atoms with van der Waals surface area (Å²) in [5.41, 5.74) is 3.34. The molecule has 2 aromatic rings. The summed E-state index contributed by atoms with van der Waals surface area (Å²) in [5.74, 6) is 0.156. The predicted molar refractivity (Wildman–Crippen MR) is 75.0 cm³/mol. The Morgan fingerprint density at radius 2 is 2.00 bits per heavy atom. The number of carbonyl (C=O) groups is 1. The summed E-state index contributed by atoms with van der Waals surface area (Å²) in [6.45, 7) is 2.10. The van der Waals surface area contributed by atoms with E-state index in [0.29, 0.717) is 6.42 Å². The Kier molecular flexibility index (Phi) is 3.03. The van der Waals surface area contributed by atoms with Crippen LogP contribution in [0.1, 0.15) is 18.1 Å². The Bertz CT molecular complexity index is 595. The maximum Gasteiger partial charge on any atom is 0.231 e. The maximum absolute atomic E-state index is 12.5. The fourth-order valence-electron chi connectivity index (χ4n) is 2.71. The number of benzene rings is 1. The first-order valence-corrected chi connectivity index (χ1v) is 6.54. The summed E-state index contributed by atoms with van der Waals surface area (Å²) < 4.78 is 0. The minimum Gasteiger partial charge on any atom is -0.309 e.